The van der Waals surface area contributed by atoms with Crippen molar-refractivity contribution in [2.45, 2.75) is 6.92 Å². The van der Waals surface area contributed by atoms with Crippen molar-refractivity contribution in [1.29, 1.82) is 0 Å². The Labute approximate surface area is 124 Å². The highest BCUT2D eigenvalue weighted by atomic mass is 79.9. The molecule has 0 bridgehead atoms. The van der Waals surface area contributed by atoms with E-state index in [1.807, 2.05) is 6.92 Å². The molecule has 20 heavy (non-hydrogen) atoms. The zero-order chi connectivity index (χ0) is 14.9. The van der Waals surface area contributed by atoms with Crippen LogP contribution in [0, 0.1) is 12.7 Å². The molecule has 0 heterocycles. The Hall–Kier alpha value is -2.08. The first-order chi connectivity index (χ1) is 9.38. The number of benzene rings is 2. The van der Waals surface area contributed by atoms with Gasteiger partial charge in [0.05, 0.1) is 15.7 Å². The molecule has 0 spiro atoms. The molecule has 4 nitrogen and oxygen atoms in total. The number of nitrogens with two attached hydrogens (primary N) is 2. The summed E-state index contributed by atoms with van der Waals surface area (Å²) in [6.07, 6.45) is 0. The number of aryl methyl sites for hydroxylation is 1. The van der Waals surface area contributed by atoms with Crippen LogP contribution in [0.5, 0.6) is 0 Å². The molecule has 6 heteroatoms. The predicted molar refractivity (Wildman–Crippen MR) is 81.5 cm³/mol. The molecule has 5 N–H and O–H groups in total. The van der Waals surface area contributed by atoms with Gasteiger partial charge in [0.15, 0.2) is 0 Å². The van der Waals surface area contributed by atoms with Crippen LogP contribution in [-0.4, -0.2) is 5.91 Å². The number of hydrogen-bond acceptors (Lipinski definition) is 3. The lowest BCUT2D eigenvalue weighted by atomic mass is 10.1. The van der Waals surface area contributed by atoms with Gasteiger partial charge in [-0.3, -0.25) is 4.79 Å². The van der Waals surface area contributed by atoms with E-state index in [4.69, 9.17) is 11.5 Å². The fourth-order valence-electron chi connectivity index (χ4n) is 1.81. The van der Waals surface area contributed by atoms with E-state index in [9.17, 15) is 9.18 Å². The number of primary amides is 1. The number of carbonyl (C=O) groups is 1. The van der Waals surface area contributed by atoms with Gasteiger partial charge >= 0.3 is 0 Å². The molecule has 0 aliphatic carbocycles. The van der Waals surface area contributed by atoms with Crippen LogP contribution >= 0.6 is 15.9 Å². The van der Waals surface area contributed by atoms with Crippen molar-refractivity contribution in [3.63, 3.8) is 0 Å². The summed E-state index contributed by atoms with van der Waals surface area (Å²) in [6, 6.07) is 7.69. The van der Waals surface area contributed by atoms with E-state index >= 15 is 0 Å². The standard InChI is InChI=1S/C14H13BrFN3O/c1-7-4-10(15)11(16)6-12(7)19-13-5-8(17)2-3-9(13)14(18)20/h2-6,19H,17H2,1H3,(H2,18,20). The first-order valence-electron chi connectivity index (χ1n) is 5.80. The number of hydrogen-bond donors (Lipinski definition) is 3. The van der Waals surface area contributed by atoms with E-state index in [0.29, 0.717) is 27.1 Å². The van der Waals surface area contributed by atoms with Gasteiger partial charge in [0.1, 0.15) is 5.82 Å². The molecular formula is C14H13BrFN3O. The van der Waals surface area contributed by atoms with E-state index in [0.717, 1.165) is 5.56 Å². The molecule has 0 radical (unpaired) electrons. The Morgan fingerprint density at radius 1 is 1.25 bits per heavy atom. The summed E-state index contributed by atoms with van der Waals surface area (Å²) in [5, 5.41) is 2.99. The summed E-state index contributed by atoms with van der Waals surface area (Å²) in [5.74, 6) is -0.981. The van der Waals surface area contributed by atoms with E-state index < -0.39 is 11.7 Å². The third kappa shape index (κ3) is 2.91. The lowest BCUT2D eigenvalue weighted by Gasteiger charge is -2.13. The third-order valence-electron chi connectivity index (χ3n) is 2.85. The molecule has 2 aromatic carbocycles. The Morgan fingerprint density at radius 2 is 1.95 bits per heavy atom. The van der Waals surface area contributed by atoms with Crippen LogP contribution in [0.4, 0.5) is 21.5 Å². The van der Waals surface area contributed by atoms with E-state index in [1.165, 1.54) is 12.1 Å². The summed E-state index contributed by atoms with van der Waals surface area (Å²) >= 11 is 3.12. The Bertz CT molecular complexity index is 688. The molecule has 2 aromatic rings. The summed E-state index contributed by atoms with van der Waals surface area (Å²) < 4.78 is 14.0. The van der Waals surface area contributed by atoms with Crippen LogP contribution < -0.4 is 16.8 Å². The van der Waals surface area contributed by atoms with Crippen molar-refractivity contribution in [2.75, 3.05) is 11.1 Å². The topological polar surface area (TPSA) is 81.1 Å². The summed E-state index contributed by atoms with van der Waals surface area (Å²) in [6.45, 7) is 1.82. The van der Waals surface area contributed by atoms with Crippen LogP contribution in [-0.2, 0) is 0 Å². The highest BCUT2D eigenvalue weighted by Gasteiger charge is 2.11. The molecular weight excluding hydrogens is 325 g/mol. The Balaban J connectivity index is 2.47. The molecule has 0 aliphatic rings. The molecule has 0 saturated carbocycles. The summed E-state index contributed by atoms with van der Waals surface area (Å²) in [4.78, 5) is 11.4. The number of rotatable bonds is 3. The zero-order valence-corrected chi connectivity index (χ0v) is 12.3. The van der Waals surface area contributed by atoms with Gasteiger partial charge in [-0.25, -0.2) is 4.39 Å². The first kappa shape index (κ1) is 14.3. The highest BCUT2D eigenvalue weighted by Crippen LogP contribution is 2.29. The number of halogens is 2. The highest BCUT2D eigenvalue weighted by molar-refractivity contribution is 9.10. The quantitative estimate of drug-likeness (QED) is 0.751. The van der Waals surface area contributed by atoms with Gasteiger partial charge in [-0.15, -0.1) is 0 Å². The van der Waals surface area contributed by atoms with Gasteiger partial charge < -0.3 is 16.8 Å². The van der Waals surface area contributed by atoms with Gasteiger partial charge in [0, 0.05) is 11.4 Å². The fraction of sp³-hybridized carbons (Fsp3) is 0.0714. The Kier molecular flexibility index (Phi) is 3.94. The second-order valence-electron chi connectivity index (χ2n) is 4.38. The van der Waals surface area contributed by atoms with Gasteiger partial charge in [-0.2, -0.15) is 0 Å². The average Bonchev–Trinajstić information content (AvgIpc) is 2.35. The molecule has 2 rings (SSSR count). The predicted octanol–water partition coefficient (Wildman–Crippen LogP) is 3.32. The smallest absolute Gasteiger partial charge is 0.250 e. The van der Waals surface area contributed by atoms with Crippen molar-refractivity contribution in [3.8, 4) is 0 Å². The molecule has 104 valence electrons. The van der Waals surface area contributed by atoms with Crippen LogP contribution in [0.15, 0.2) is 34.8 Å². The molecule has 0 fully saturated rings. The second kappa shape index (κ2) is 5.50. The van der Waals surface area contributed by atoms with Gasteiger partial charge in [0.2, 0.25) is 0 Å². The van der Waals surface area contributed by atoms with Crippen molar-refractivity contribution in [1.82, 2.24) is 0 Å². The minimum absolute atomic E-state index is 0.293. The number of carbonyl (C=O) groups excluding carboxylic acids is 1. The number of anilines is 3. The van der Waals surface area contributed by atoms with Gasteiger partial charge in [-0.05, 0) is 58.7 Å². The van der Waals surface area contributed by atoms with Crippen molar-refractivity contribution in [2.24, 2.45) is 5.73 Å². The van der Waals surface area contributed by atoms with E-state index in [-0.39, 0.29) is 0 Å². The van der Waals surface area contributed by atoms with Crippen molar-refractivity contribution in [3.05, 3.63) is 51.7 Å². The second-order valence-corrected chi connectivity index (χ2v) is 5.23. The van der Waals surface area contributed by atoms with Gasteiger partial charge in [0.25, 0.3) is 5.91 Å². The average molecular weight is 338 g/mol. The van der Waals surface area contributed by atoms with Crippen LogP contribution in [0.2, 0.25) is 0 Å². The van der Waals surface area contributed by atoms with Crippen LogP contribution in [0.3, 0.4) is 0 Å². The number of amides is 1. The van der Waals surface area contributed by atoms with Crippen molar-refractivity contribution < 1.29 is 9.18 Å². The third-order valence-corrected chi connectivity index (χ3v) is 3.45. The normalized spacial score (nSPS) is 10.3. The molecule has 0 saturated heterocycles. The maximum absolute atomic E-state index is 13.6. The maximum Gasteiger partial charge on any atom is 0.250 e. The maximum atomic E-state index is 13.6. The molecule has 1 amide bonds. The number of nitrogen functional groups attached to an aromatic ring is 1. The zero-order valence-electron chi connectivity index (χ0n) is 10.7. The largest absolute Gasteiger partial charge is 0.399 e. The number of nitrogens with one attached hydrogen (secondary N) is 1. The SMILES string of the molecule is Cc1cc(Br)c(F)cc1Nc1cc(N)ccc1C(N)=O. The first-order valence-corrected chi connectivity index (χ1v) is 6.60. The van der Waals surface area contributed by atoms with Gasteiger partial charge in [-0.1, -0.05) is 0 Å². The molecule has 0 aromatic heterocycles. The molecule has 0 unspecified atom stereocenters. The molecule has 0 atom stereocenters. The summed E-state index contributed by atoms with van der Waals surface area (Å²) in [7, 11) is 0. The lowest BCUT2D eigenvalue weighted by Crippen LogP contribution is -2.13. The van der Waals surface area contributed by atoms with E-state index in [1.54, 1.807) is 18.2 Å². The van der Waals surface area contributed by atoms with Crippen LogP contribution in [0.25, 0.3) is 0 Å². The minimum Gasteiger partial charge on any atom is -0.399 e. The van der Waals surface area contributed by atoms with Crippen LogP contribution in [0.1, 0.15) is 15.9 Å². The fourth-order valence-corrected chi connectivity index (χ4v) is 2.26. The molecule has 0 aliphatic heterocycles. The lowest BCUT2D eigenvalue weighted by molar-refractivity contribution is 0.100. The summed E-state index contributed by atoms with van der Waals surface area (Å²) in [5.41, 5.74) is 13.6. The van der Waals surface area contributed by atoms with Crippen molar-refractivity contribution >= 4 is 38.9 Å². The minimum atomic E-state index is -0.581. The van der Waals surface area contributed by atoms with E-state index in [2.05, 4.69) is 21.2 Å². The Morgan fingerprint density at radius 3 is 2.60 bits per heavy atom. The monoisotopic (exact) mass is 337 g/mol.